The standard InChI is InChI=1S/C29H39FN4O3/c1-36-27(35)19-24(23-4-2-6-26(18-23)34-14-16-37-17-15-34)20-33-13-11-29(30,21-33)10-9-25-8-7-22-5-3-12-31-28(22)32-25/h2,4,6-8,18,24H,3,5,9-17,19-21H2,1H3,(H,31,32)/t24-,29+/m0/s1. The Balaban J connectivity index is 1.22. The lowest BCUT2D eigenvalue weighted by molar-refractivity contribution is -0.141. The van der Waals surface area contributed by atoms with Crippen molar-refractivity contribution in [2.45, 2.75) is 50.1 Å². The van der Waals surface area contributed by atoms with Crippen molar-refractivity contribution in [1.29, 1.82) is 0 Å². The van der Waals surface area contributed by atoms with E-state index in [1.54, 1.807) is 0 Å². The van der Waals surface area contributed by atoms with Crippen molar-refractivity contribution in [2.24, 2.45) is 0 Å². The molecule has 2 atom stereocenters. The molecule has 0 radical (unpaired) electrons. The fourth-order valence-electron chi connectivity index (χ4n) is 5.82. The number of esters is 1. The number of hydrogen-bond acceptors (Lipinski definition) is 7. The van der Waals surface area contributed by atoms with E-state index in [2.05, 4.69) is 45.4 Å². The average Bonchev–Trinajstić information content (AvgIpc) is 3.32. The van der Waals surface area contributed by atoms with E-state index in [1.165, 1.54) is 12.7 Å². The Morgan fingerprint density at radius 2 is 2.11 bits per heavy atom. The number of morpholine rings is 1. The molecular formula is C29H39FN4O3. The molecule has 2 saturated heterocycles. The summed E-state index contributed by atoms with van der Waals surface area (Å²) in [6, 6.07) is 12.6. The normalized spacial score (nSPS) is 22.8. The molecule has 0 amide bonds. The summed E-state index contributed by atoms with van der Waals surface area (Å²) in [6.45, 7) is 5.82. The zero-order valence-corrected chi connectivity index (χ0v) is 21.9. The lowest BCUT2D eigenvalue weighted by Gasteiger charge is -2.30. The Hall–Kier alpha value is -2.71. The summed E-state index contributed by atoms with van der Waals surface area (Å²) in [4.78, 5) is 21.5. The Kier molecular flexibility index (Phi) is 8.25. The molecule has 200 valence electrons. The van der Waals surface area contributed by atoms with Crippen LogP contribution in [0.4, 0.5) is 15.9 Å². The Morgan fingerprint density at radius 1 is 1.24 bits per heavy atom. The van der Waals surface area contributed by atoms with E-state index in [4.69, 9.17) is 14.5 Å². The molecule has 1 N–H and O–H groups in total. The van der Waals surface area contributed by atoms with Gasteiger partial charge in [-0.05, 0) is 61.4 Å². The molecule has 1 aromatic carbocycles. The molecule has 4 heterocycles. The number of fused-ring (bicyclic) bond motifs is 1. The summed E-state index contributed by atoms with van der Waals surface area (Å²) in [7, 11) is 1.43. The average molecular weight is 511 g/mol. The number of hydrogen-bond donors (Lipinski definition) is 1. The van der Waals surface area contributed by atoms with Gasteiger partial charge in [0.05, 0.1) is 26.7 Å². The number of ether oxygens (including phenoxy) is 2. The number of nitrogens with zero attached hydrogens (tertiary/aromatic N) is 3. The molecule has 0 aliphatic carbocycles. The first-order valence-electron chi connectivity index (χ1n) is 13.6. The Labute approximate surface area is 219 Å². The van der Waals surface area contributed by atoms with Crippen molar-refractivity contribution in [1.82, 2.24) is 9.88 Å². The number of carbonyl (C=O) groups is 1. The summed E-state index contributed by atoms with van der Waals surface area (Å²) >= 11 is 0. The second kappa shape index (κ2) is 11.8. The number of carbonyl (C=O) groups excluding carboxylic acids is 1. The molecule has 37 heavy (non-hydrogen) atoms. The maximum Gasteiger partial charge on any atom is 0.306 e. The molecule has 2 fully saturated rings. The highest BCUT2D eigenvalue weighted by atomic mass is 19.1. The molecule has 0 bridgehead atoms. The van der Waals surface area contributed by atoms with Gasteiger partial charge in [0.1, 0.15) is 11.5 Å². The van der Waals surface area contributed by atoms with Crippen LogP contribution in [0, 0.1) is 0 Å². The van der Waals surface area contributed by atoms with Gasteiger partial charge >= 0.3 is 5.97 Å². The van der Waals surface area contributed by atoms with E-state index >= 15 is 4.39 Å². The van der Waals surface area contributed by atoms with Crippen molar-refractivity contribution in [3.8, 4) is 0 Å². The molecule has 0 unspecified atom stereocenters. The first-order chi connectivity index (χ1) is 18.0. The predicted octanol–water partition coefficient (Wildman–Crippen LogP) is 3.97. The van der Waals surface area contributed by atoms with Crippen molar-refractivity contribution in [2.75, 3.05) is 69.8 Å². The van der Waals surface area contributed by atoms with E-state index in [1.807, 2.05) is 6.07 Å². The number of alkyl halides is 1. The van der Waals surface area contributed by atoms with Gasteiger partial charge < -0.3 is 19.7 Å². The smallest absolute Gasteiger partial charge is 0.306 e. The summed E-state index contributed by atoms with van der Waals surface area (Å²) < 4.78 is 26.4. The van der Waals surface area contributed by atoms with Gasteiger partial charge in [-0.1, -0.05) is 18.2 Å². The molecule has 0 saturated carbocycles. The van der Waals surface area contributed by atoms with Crippen LogP contribution in [0.5, 0.6) is 0 Å². The second-order valence-electron chi connectivity index (χ2n) is 10.6. The quantitative estimate of drug-likeness (QED) is 0.512. The van der Waals surface area contributed by atoms with Crippen molar-refractivity contribution in [3.05, 3.63) is 53.2 Å². The van der Waals surface area contributed by atoms with Crippen molar-refractivity contribution >= 4 is 17.5 Å². The molecule has 7 nitrogen and oxygen atoms in total. The van der Waals surface area contributed by atoms with Crippen LogP contribution >= 0.6 is 0 Å². The van der Waals surface area contributed by atoms with Crippen LogP contribution in [0.25, 0.3) is 0 Å². The number of aromatic nitrogens is 1. The first kappa shape index (κ1) is 25.9. The number of rotatable bonds is 9. The maximum absolute atomic E-state index is 15.9. The van der Waals surface area contributed by atoms with E-state index in [9.17, 15) is 4.79 Å². The van der Waals surface area contributed by atoms with Gasteiger partial charge in [-0.2, -0.15) is 0 Å². The molecule has 3 aliphatic rings. The molecule has 2 aromatic rings. The molecule has 0 spiro atoms. The Morgan fingerprint density at radius 3 is 2.95 bits per heavy atom. The van der Waals surface area contributed by atoms with Crippen molar-refractivity contribution < 1.29 is 18.7 Å². The monoisotopic (exact) mass is 510 g/mol. The van der Waals surface area contributed by atoms with Crippen LogP contribution in [0.1, 0.15) is 48.4 Å². The summed E-state index contributed by atoms with van der Waals surface area (Å²) in [5.74, 6) is 0.679. The third-order valence-corrected chi connectivity index (χ3v) is 8.00. The van der Waals surface area contributed by atoms with Crippen LogP contribution in [0.2, 0.25) is 0 Å². The number of nitrogens with one attached hydrogen (secondary N) is 1. The van der Waals surface area contributed by atoms with Gasteiger partial charge in [-0.15, -0.1) is 0 Å². The van der Waals surface area contributed by atoms with Crippen molar-refractivity contribution in [3.63, 3.8) is 0 Å². The van der Waals surface area contributed by atoms with Crippen LogP contribution in [0.15, 0.2) is 36.4 Å². The lowest BCUT2D eigenvalue weighted by Crippen LogP contribution is -2.36. The van der Waals surface area contributed by atoms with E-state index in [0.29, 0.717) is 38.9 Å². The zero-order chi connectivity index (χ0) is 25.7. The summed E-state index contributed by atoms with van der Waals surface area (Å²) in [5.41, 5.74) is 3.20. The van der Waals surface area contributed by atoms with Crippen LogP contribution in [-0.4, -0.2) is 81.1 Å². The predicted molar refractivity (Wildman–Crippen MR) is 143 cm³/mol. The van der Waals surface area contributed by atoms with Gasteiger partial charge in [0.25, 0.3) is 0 Å². The SMILES string of the molecule is COC(=O)C[C@@H](CN1CC[C@](F)(CCc2ccc3c(n2)NCCC3)C1)c1cccc(N2CCOCC2)c1. The minimum absolute atomic E-state index is 0.0517. The van der Waals surface area contributed by atoms with Gasteiger partial charge in [0.15, 0.2) is 0 Å². The minimum atomic E-state index is -1.24. The zero-order valence-electron chi connectivity index (χ0n) is 21.9. The van der Waals surface area contributed by atoms with Crippen LogP contribution in [0.3, 0.4) is 0 Å². The highest BCUT2D eigenvalue weighted by molar-refractivity contribution is 5.70. The fraction of sp³-hybridized carbons (Fsp3) is 0.586. The minimum Gasteiger partial charge on any atom is -0.469 e. The third kappa shape index (κ3) is 6.60. The number of halogens is 1. The maximum atomic E-state index is 15.9. The van der Waals surface area contributed by atoms with E-state index in [0.717, 1.165) is 68.5 Å². The highest BCUT2D eigenvalue weighted by Gasteiger charge is 2.39. The van der Waals surface area contributed by atoms with E-state index in [-0.39, 0.29) is 18.3 Å². The Bertz CT molecular complexity index is 1080. The topological polar surface area (TPSA) is 66.9 Å². The fourth-order valence-corrected chi connectivity index (χ4v) is 5.82. The van der Waals surface area contributed by atoms with Crippen LogP contribution < -0.4 is 10.2 Å². The number of aryl methyl sites for hydroxylation is 2. The molecule has 1 aromatic heterocycles. The second-order valence-corrected chi connectivity index (χ2v) is 10.6. The summed E-state index contributed by atoms with van der Waals surface area (Å²) in [5, 5.41) is 3.37. The summed E-state index contributed by atoms with van der Waals surface area (Å²) in [6.07, 6.45) is 4.07. The van der Waals surface area contributed by atoms with Gasteiger partial charge in [0, 0.05) is 56.6 Å². The molecule has 5 rings (SSSR count). The molecule has 3 aliphatic heterocycles. The number of anilines is 2. The number of methoxy groups -OCH3 is 1. The van der Waals surface area contributed by atoms with Gasteiger partial charge in [-0.3, -0.25) is 9.69 Å². The van der Waals surface area contributed by atoms with E-state index < -0.39 is 5.67 Å². The third-order valence-electron chi connectivity index (χ3n) is 8.00. The van der Waals surface area contributed by atoms with Gasteiger partial charge in [-0.25, -0.2) is 9.37 Å². The molecular weight excluding hydrogens is 471 g/mol. The number of likely N-dealkylation sites (tertiary alicyclic amines) is 1. The number of pyridine rings is 1. The highest BCUT2D eigenvalue weighted by Crippen LogP contribution is 2.34. The first-order valence-corrected chi connectivity index (χ1v) is 13.6. The molecule has 8 heteroatoms. The van der Waals surface area contributed by atoms with Crippen LogP contribution in [-0.2, 0) is 27.1 Å². The lowest BCUT2D eigenvalue weighted by atomic mass is 9.94. The number of benzene rings is 1. The largest absolute Gasteiger partial charge is 0.469 e. The van der Waals surface area contributed by atoms with Gasteiger partial charge in [0.2, 0.25) is 0 Å².